The Morgan fingerprint density at radius 3 is 2.75 bits per heavy atom. The zero-order valence-corrected chi connectivity index (χ0v) is 11.6. The molecule has 0 spiro atoms. The molecule has 20 heavy (non-hydrogen) atoms. The van der Waals surface area contributed by atoms with Crippen LogP contribution in [0.5, 0.6) is 5.75 Å². The van der Waals surface area contributed by atoms with Gasteiger partial charge in [-0.1, -0.05) is 6.92 Å². The van der Waals surface area contributed by atoms with E-state index >= 15 is 0 Å². The molecular formula is C15H16O5. The molecule has 2 rings (SSSR count). The maximum absolute atomic E-state index is 11.8. The molecule has 5 heteroatoms. The van der Waals surface area contributed by atoms with E-state index in [0.29, 0.717) is 23.3 Å². The fraction of sp³-hybridized carbons (Fsp3) is 0.333. The van der Waals surface area contributed by atoms with Crippen LogP contribution in [0.1, 0.15) is 25.0 Å². The molecule has 0 aliphatic carbocycles. The monoisotopic (exact) mass is 276 g/mol. The average molecular weight is 276 g/mol. The van der Waals surface area contributed by atoms with Gasteiger partial charge in [0.1, 0.15) is 11.3 Å². The van der Waals surface area contributed by atoms with Crippen LogP contribution in [0, 0.1) is 6.92 Å². The van der Waals surface area contributed by atoms with E-state index in [2.05, 4.69) is 0 Å². The lowest BCUT2D eigenvalue weighted by Crippen LogP contribution is -2.22. The summed E-state index contributed by atoms with van der Waals surface area (Å²) in [5, 5.41) is 9.65. The highest BCUT2D eigenvalue weighted by atomic mass is 16.5. The quantitative estimate of drug-likeness (QED) is 0.868. The van der Waals surface area contributed by atoms with Gasteiger partial charge in [0.15, 0.2) is 6.10 Å². The van der Waals surface area contributed by atoms with E-state index < -0.39 is 12.1 Å². The lowest BCUT2D eigenvalue weighted by molar-refractivity contribution is -0.144. The molecule has 0 unspecified atom stereocenters. The Bertz CT molecular complexity index is 714. The van der Waals surface area contributed by atoms with Crippen LogP contribution in [0.15, 0.2) is 27.4 Å². The fourth-order valence-corrected chi connectivity index (χ4v) is 2.11. The van der Waals surface area contributed by atoms with Gasteiger partial charge < -0.3 is 14.3 Å². The Labute approximate surface area is 115 Å². The Kier molecular flexibility index (Phi) is 3.79. The molecule has 0 amide bonds. The van der Waals surface area contributed by atoms with Gasteiger partial charge in [-0.3, -0.25) is 0 Å². The van der Waals surface area contributed by atoms with E-state index in [4.69, 9.17) is 14.3 Å². The number of hydrogen-bond donors (Lipinski definition) is 1. The van der Waals surface area contributed by atoms with Gasteiger partial charge in [-0.25, -0.2) is 9.59 Å². The number of rotatable bonds is 4. The maximum atomic E-state index is 11.8. The van der Waals surface area contributed by atoms with Gasteiger partial charge >= 0.3 is 11.6 Å². The third kappa shape index (κ3) is 2.52. The Morgan fingerprint density at radius 2 is 2.15 bits per heavy atom. The van der Waals surface area contributed by atoms with Crippen molar-refractivity contribution >= 4 is 16.9 Å². The molecule has 1 atom stereocenters. The second-order valence-corrected chi connectivity index (χ2v) is 4.60. The number of carboxylic acids is 1. The molecule has 1 aromatic carbocycles. The summed E-state index contributed by atoms with van der Waals surface area (Å²) in [6, 6.07) is 4.99. The zero-order chi connectivity index (χ0) is 14.9. The summed E-state index contributed by atoms with van der Waals surface area (Å²) >= 11 is 0. The summed E-state index contributed by atoms with van der Waals surface area (Å²) in [5.41, 5.74) is 1.59. The van der Waals surface area contributed by atoms with Gasteiger partial charge in [-0.2, -0.15) is 0 Å². The molecule has 1 N–H and O–H groups in total. The second kappa shape index (κ2) is 5.36. The van der Waals surface area contributed by atoms with E-state index in [1.807, 2.05) is 13.8 Å². The summed E-state index contributed by atoms with van der Waals surface area (Å²) in [5.74, 6) is -0.691. The van der Waals surface area contributed by atoms with Crippen molar-refractivity contribution in [2.75, 3.05) is 0 Å². The molecule has 0 aliphatic heterocycles. The summed E-state index contributed by atoms with van der Waals surface area (Å²) < 4.78 is 10.5. The number of carbonyl (C=O) groups is 1. The standard InChI is InChI=1S/C15H16O5/c1-4-11-8(2)12-6-5-10(19-9(3)14(16)17)7-13(12)20-15(11)18/h5-7,9H,4H2,1-3H3,(H,16,17)/t9-/m1/s1. The van der Waals surface area contributed by atoms with Crippen molar-refractivity contribution in [1.82, 2.24) is 0 Å². The number of benzene rings is 1. The van der Waals surface area contributed by atoms with Crippen molar-refractivity contribution in [3.8, 4) is 5.75 Å². The molecule has 0 radical (unpaired) electrons. The Hall–Kier alpha value is -2.30. The fourth-order valence-electron chi connectivity index (χ4n) is 2.11. The maximum Gasteiger partial charge on any atom is 0.344 e. The van der Waals surface area contributed by atoms with Crippen molar-refractivity contribution in [3.05, 3.63) is 39.7 Å². The van der Waals surface area contributed by atoms with Gasteiger partial charge in [-0.05, 0) is 38.0 Å². The summed E-state index contributed by atoms with van der Waals surface area (Å²) in [6.45, 7) is 5.21. The van der Waals surface area contributed by atoms with Crippen LogP contribution in [-0.4, -0.2) is 17.2 Å². The first-order valence-electron chi connectivity index (χ1n) is 6.39. The van der Waals surface area contributed by atoms with E-state index in [1.54, 1.807) is 18.2 Å². The highest BCUT2D eigenvalue weighted by Gasteiger charge is 2.14. The number of hydrogen-bond acceptors (Lipinski definition) is 4. The number of fused-ring (bicyclic) bond motifs is 1. The average Bonchev–Trinajstić information content (AvgIpc) is 2.38. The van der Waals surface area contributed by atoms with Crippen LogP contribution in [0.25, 0.3) is 11.0 Å². The summed E-state index contributed by atoms with van der Waals surface area (Å²) in [7, 11) is 0. The SMILES string of the molecule is CCc1c(C)c2ccc(O[C@H](C)C(=O)O)cc2oc1=O. The Morgan fingerprint density at radius 1 is 1.45 bits per heavy atom. The molecule has 0 aliphatic rings. The van der Waals surface area contributed by atoms with Gasteiger partial charge in [0, 0.05) is 17.0 Å². The lowest BCUT2D eigenvalue weighted by atomic mass is 10.0. The largest absolute Gasteiger partial charge is 0.479 e. The van der Waals surface area contributed by atoms with Gasteiger partial charge in [0.05, 0.1) is 0 Å². The van der Waals surface area contributed by atoms with Crippen molar-refractivity contribution in [2.24, 2.45) is 0 Å². The molecule has 1 heterocycles. The number of ether oxygens (including phenoxy) is 1. The van der Waals surface area contributed by atoms with E-state index in [1.165, 1.54) is 6.92 Å². The van der Waals surface area contributed by atoms with E-state index in [-0.39, 0.29) is 5.63 Å². The minimum absolute atomic E-state index is 0.360. The van der Waals surface area contributed by atoms with Crippen LogP contribution in [-0.2, 0) is 11.2 Å². The summed E-state index contributed by atoms with van der Waals surface area (Å²) in [4.78, 5) is 22.6. The third-order valence-corrected chi connectivity index (χ3v) is 3.27. The molecule has 1 aromatic heterocycles. The van der Waals surface area contributed by atoms with Crippen molar-refractivity contribution in [3.63, 3.8) is 0 Å². The normalized spacial score (nSPS) is 12.3. The molecule has 0 bridgehead atoms. The van der Waals surface area contributed by atoms with Crippen molar-refractivity contribution in [2.45, 2.75) is 33.3 Å². The first kappa shape index (κ1) is 14.1. The molecule has 0 saturated carbocycles. The van der Waals surface area contributed by atoms with Crippen LogP contribution in [0.2, 0.25) is 0 Å². The number of carboxylic acid groups (broad SMARTS) is 1. The number of aryl methyl sites for hydroxylation is 1. The molecular weight excluding hydrogens is 260 g/mol. The molecule has 5 nitrogen and oxygen atoms in total. The lowest BCUT2D eigenvalue weighted by Gasteiger charge is -2.11. The topological polar surface area (TPSA) is 76.7 Å². The predicted molar refractivity (Wildman–Crippen MR) is 74.3 cm³/mol. The van der Waals surface area contributed by atoms with Crippen LogP contribution < -0.4 is 10.4 Å². The predicted octanol–water partition coefficient (Wildman–Crippen LogP) is 2.52. The first-order chi connectivity index (χ1) is 9.43. The minimum atomic E-state index is -1.05. The Balaban J connectivity index is 2.50. The van der Waals surface area contributed by atoms with Crippen molar-refractivity contribution < 1.29 is 19.1 Å². The highest BCUT2D eigenvalue weighted by Crippen LogP contribution is 2.24. The minimum Gasteiger partial charge on any atom is -0.479 e. The van der Waals surface area contributed by atoms with Gasteiger partial charge in [0.2, 0.25) is 0 Å². The molecule has 106 valence electrons. The summed E-state index contributed by atoms with van der Waals surface area (Å²) in [6.07, 6.45) is -0.353. The first-order valence-corrected chi connectivity index (χ1v) is 6.39. The molecule has 2 aromatic rings. The van der Waals surface area contributed by atoms with Crippen molar-refractivity contribution in [1.29, 1.82) is 0 Å². The zero-order valence-electron chi connectivity index (χ0n) is 11.6. The van der Waals surface area contributed by atoms with E-state index in [0.717, 1.165) is 10.9 Å². The highest BCUT2D eigenvalue weighted by molar-refractivity contribution is 5.82. The van der Waals surface area contributed by atoms with Gasteiger partial charge in [-0.15, -0.1) is 0 Å². The van der Waals surface area contributed by atoms with Crippen LogP contribution in [0.4, 0.5) is 0 Å². The smallest absolute Gasteiger partial charge is 0.344 e. The third-order valence-electron chi connectivity index (χ3n) is 3.27. The van der Waals surface area contributed by atoms with E-state index in [9.17, 15) is 9.59 Å². The molecule has 0 saturated heterocycles. The second-order valence-electron chi connectivity index (χ2n) is 4.60. The van der Waals surface area contributed by atoms with Gasteiger partial charge in [0.25, 0.3) is 0 Å². The van der Waals surface area contributed by atoms with Crippen LogP contribution >= 0.6 is 0 Å². The van der Waals surface area contributed by atoms with Crippen LogP contribution in [0.3, 0.4) is 0 Å². The number of aliphatic carboxylic acids is 1. The molecule has 0 fully saturated rings.